The van der Waals surface area contributed by atoms with Gasteiger partial charge in [-0.25, -0.2) is 0 Å². The van der Waals surface area contributed by atoms with Crippen LogP contribution in [-0.2, 0) is 17.6 Å². The number of hydrogen-bond donors (Lipinski definition) is 1. The van der Waals surface area contributed by atoms with Crippen molar-refractivity contribution in [2.75, 3.05) is 45.9 Å². The molecular weight excluding hydrogens is 304 g/mol. The Kier molecular flexibility index (Phi) is 4.85. The van der Waals surface area contributed by atoms with Gasteiger partial charge in [0.25, 0.3) is 5.91 Å². The molecule has 1 N–H and O–H groups in total. The van der Waals surface area contributed by atoms with Crippen LogP contribution in [0.25, 0.3) is 0 Å². The number of likely N-dealkylation sites (tertiary alicyclic amines) is 1. The number of carbonyl (C=O) groups excluding carboxylic acids is 1. The second-order valence-electron chi connectivity index (χ2n) is 7.41. The predicted molar refractivity (Wildman–Crippen MR) is 91.1 cm³/mol. The van der Waals surface area contributed by atoms with Crippen LogP contribution in [0.15, 0.2) is 0 Å². The van der Waals surface area contributed by atoms with Gasteiger partial charge >= 0.3 is 0 Å². The zero-order valence-electron chi connectivity index (χ0n) is 14.4. The summed E-state index contributed by atoms with van der Waals surface area (Å²) in [5.41, 5.74) is 3.06. The van der Waals surface area contributed by atoms with Crippen LogP contribution in [0, 0.1) is 5.92 Å². The van der Waals surface area contributed by atoms with Gasteiger partial charge in [0, 0.05) is 44.0 Å². The third-order valence-corrected chi connectivity index (χ3v) is 5.69. The van der Waals surface area contributed by atoms with E-state index in [1.165, 1.54) is 30.5 Å². The molecule has 132 valence electrons. The molecule has 6 heteroatoms. The van der Waals surface area contributed by atoms with Crippen LogP contribution in [0.2, 0.25) is 0 Å². The third-order valence-electron chi connectivity index (χ3n) is 5.69. The largest absolute Gasteiger partial charge is 0.379 e. The van der Waals surface area contributed by atoms with E-state index in [0.29, 0.717) is 11.6 Å². The highest BCUT2D eigenvalue weighted by molar-refractivity contribution is 5.94. The van der Waals surface area contributed by atoms with Crippen molar-refractivity contribution in [3.63, 3.8) is 0 Å². The molecule has 3 heterocycles. The third kappa shape index (κ3) is 3.35. The standard InChI is InChI=1S/C18H28N4O2/c23-18(17-15-5-1-2-6-16(15)19-20-17)22-7-3-4-14(13-22)12-21-8-10-24-11-9-21/h14H,1-13H2,(H,19,20). The van der Waals surface area contributed by atoms with Crippen molar-refractivity contribution in [1.29, 1.82) is 0 Å². The molecule has 3 aliphatic rings. The van der Waals surface area contributed by atoms with Crippen LogP contribution in [0.1, 0.15) is 47.4 Å². The number of amides is 1. The van der Waals surface area contributed by atoms with E-state index in [2.05, 4.69) is 15.1 Å². The molecule has 2 fully saturated rings. The van der Waals surface area contributed by atoms with Crippen molar-refractivity contribution in [1.82, 2.24) is 20.0 Å². The molecule has 0 aromatic carbocycles. The highest BCUT2D eigenvalue weighted by Gasteiger charge is 2.30. The minimum absolute atomic E-state index is 0.140. The Morgan fingerprint density at radius 2 is 2.00 bits per heavy atom. The number of aryl methyl sites for hydroxylation is 1. The van der Waals surface area contributed by atoms with Gasteiger partial charge in [0.2, 0.25) is 0 Å². The molecule has 2 saturated heterocycles. The number of H-pyrrole nitrogens is 1. The van der Waals surface area contributed by atoms with E-state index in [-0.39, 0.29) is 5.91 Å². The zero-order valence-corrected chi connectivity index (χ0v) is 14.4. The molecule has 0 spiro atoms. The fourth-order valence-electron chi connectivity index (χ4n) is 4.36. The van der Waals surface area contributed by atoms with Crippen LogP contribution in [0.3, 0.4) is 0 Å². The van der Waals surface area contributed by atoms with E-state index in [0.717, 1.165) is 65.2 Å². The smallest absolute Gasteiger partial charge is 0.274 e. The molecule has 2 aliphatic heterocycles. The van der Waals surface area contributed by atoms with Gasteiger partial charge in [0.1, 0.15) is 0 Å². The van der Waals surface area contributed by atoms with Gasteiger partial charge in [-0.1, -0.05) is 0 Å². The summed E-state index contributed by atoms with van der Waals surface area (Å²) in [5, 5.41) is 7.47. The second-order valence-corrected chi connectivity index (χ2v) is 7.41. The number of piperidine rings is 1. The Bertz CT molecular complexity index is 580. The molecule has 0 radical (unpaired) electrons. The van der Waals surface area contributed by atoms with Crippen molar-refractivity contribution < 1.29 is 9.53 Å². The average molecular weight is 332 g/mol. The average Bonchev–Trinajstić information content (AvgIpc) is 3.06. The number of hydrogen-bond acceptors (Lipinski definition) is 4. The van der Waals surface area contributed by atoms with Crippen LogP contribution in [0.4, 0.5) is 0 Å². The van der Waals surface area contributed by atoms with E-state index >= 15 is 0 Å². The van der Waals surface area contributed by atoms with Crippen molar-refractivity contribution >= 4 is 5.91 Å². The summed E-state index contributed by atoms with van der Waals surface area (Å²) in [6.45, 7) is 6.57. The summed E-state index contributed by atoms with van der Waals surface area (Å²) in [6, 6.07) is 0. The first-order valence-corrected chi connectivity index (χ1v) is 9.47. The monoisotopic (exact) mass is 332 g/mol. The number of ether oxygens (including phenoxy) is 1. The molecule has 4 rings (SSSR count). The number of aromatic nitrogens is 2. The Hall–Kier alpha value is -1.40. The Morgan fingerprint density at radius 3 is 2.88 bits per heavy atom. The maximum Gasteiger partial charge on any atom is 0.274 e. The van der Waals surface area contributed by atoms with Gasteiger partial charge in [-0.2, -0.15) is 5.10 Å². The van der Waals surface area contributed by atoms with Crippen molar-refractivity contribution in [3.8, 4) is 0 Å². The van der Waals surface area contributed by atoms with Crippen molar-refractivity contribution in [2.24, 2.45) is 5.92 Å². The van der Waals surface area contributed by atoms with Crippen molar-refractivity contribution in [2.45, 2.75) is 38.5 Å². The first-order chi connectivity index (χ1) is 11.8. The van der Waals surface area contributed by atoms with Gasteiger partial charge in [-0.05, 0) is 44.4 Å². The summed E-state index contributed by atoms with van der Waals surface area (Å²) in [7, 11) is 0. The lowest BCUT2D eigenvalue weighted by molar-refractivity contribution is 0.0223. The van der Waals surface area contributed by atoms with E-state index in [1.54, 1.807) is 0 Å². The van der Waals surface area contributed by atoms with Gasteiger partial charge in [0.05, 0.1) is 13.2 Å². The minimum Gasteiger partial charge on any atom is -0.379 e. The number of nitrogens with zero attached hydrogens (tertiary/aromatic N) is 3. The minimum atomic E-state index is 0.140. The fourth-order valence-corrected chi connectivity index (χ4v) is 4.36. The molecule has 0 saturated carbocycles. The Balaban J connectivity index is 1.40. The number of nitrogens with one attached hydrogen (secondary N) is 1. The predicted octanol–water partition coefficient (Wildman–Crippen LogP) is 1.47. The highest BCUT2D eigenvalue weighted by atomic mass is 16.5. The highest BCUT2D eigenvalue weighted by Crippen LogP contribution is 2.25. The topological polar surface area (TPSA) is 61.5 Å². The first-order valence-electron chi connectivity index (χ1n) is 9.47. The summed E-state index contributed by atoms with van der Waals surface area (Å²) in [4.78, 5) is 17.5. The number of rotatable bonds is 3. The van der Waals surface area contributed by atoms with E-state index in [9.17, 15) is 4.79 Å². The Morgan fingerprint density at radius 1 is 1.17 bits per heavy atom. The Labute approximate surface area is 143 Å². The van der Waals surface area contributed by atoms with Gasteiger partial charge in [-0.15, -0.1) is 0 Å². The number of aromatic amines is 1. The van der Waals surface area contributed by atoms with Crippen LogP contribution in [0.5, 0.6) is 0 Å². The molecule has 1 unspecified atom stereocenters. The van der Waals surface area contributed by atoms with Gasteiger partial charge in [-0.3, -0.25) is 14.8 Å². The molecule has 1 amide bonds. The normalized spacial score (nSPS) is 25.5. The lowest BCUT2D eigenvalue weighted by Gasteiger charge is -2.36. The molecule has 24 heavy (non-hydrogen) atoms. The molecule has 1 atom stereocenters. The number of morpholine rings is 1. The first kappa shape index (κ1) is 16.1. The molecule has 0 bridgehead atoms. The lowest BCUT2D eigenvalue weighted by atomic mass is 9.94. The van der Waals surface area contributed by atoms with Crippen LogP contribution in [-0.4, -0.2) is 71.8 Å². The van der Waals surface area contributed by atoms with Gasteiger partial charge < -0.3 is 9.64 Å². The van der Waals surface area contributed by atoms with Crippen LogP contribution < -0.4 is 0 Å². The SMILES string of the molecule is O=C(c1n[nH]c2c1CCCC2)N1CCCC(CN2CCOCC2)C1. The van der Waals surface area contributed by atoms with E-state index in [1.807, 2.05) is 4.90 Å². The summed E-state index contributed by atoms with van der Waals surface area (Å²) in [5.74, 6) is 0.719. The molecule has 1 aromatic heterocycles. The molecular formula is C18H28N4O2. The van der Waals surface area contributed by atoms with E-state index < -0.39 is 0 Å². The lowest BCUT2D eigenvalue weighted by Crippen LogP contribution is -2.46. The summed E-state index contributed by atoms with van der Waals surface area (Å²) >= 11 is 0. The number of fused-ring (bicyclic) bond motifs is 1. The quantitative estimate of drug-likeness (QED) is 0.911. The summed E-state index contributed by atoms with van der Waals surface area (Å²) < 4.78 is 5.43. The van der Waals surface area contributed by atoms with E-state index in [4.69, 9.17) is 4.74 Å². The molecule has 1 aromatic rings. The zero-order chi connectivity index (χ0) is 16.4. The maximum atomic E-state index is 13.0. The number of carbonyl (C=O) groups is 1. The summed E-state index contributed by atoms with van der Waals surface area (Å²) in [6.07, 6.45) is 6.74. The second kappa shape index (κ2) is 7.23. The van der Waals surface area contributed by atoms with Gasteiger partial charge in [0.15, 0.2) is 5.69 Å². The maximum absolute atomic E-state index is 13.0. The van der Waals surface area contributed by atoms with Crippen LogP contribution >= 0.6 is 0 Å². The fraction of sp³-hybridized carbons (Fsp3) is 0.778. The molecule has 1 aliphatic carbocycles. The molecule has 6 nitrogen and oxygen atoms in total. The van der Waals surface area contributed by atoms with Crippen molar-refractivity contribution in [3.05, 3.63) is 17.0 Å².